The van der Waals surface area contributed by atoms with Crippen molar-refractivity contribution in [3.05, 3.63) is 29.3 Å². The lowest BCUT2D eigenvalue weighted by molar-refractivity contribution is 0.0122. The van der Waals surface area contributed by atoms with Gasteiger partial charge >= 0.3 is 6.09 Å². The van der Waals surface area contributed by atoms with E-state index in [1.54, 1.807) is 26.8 Å². The maximum Gasteiger partial charge on any atom is 0.407 e. The molecule has 0 saturated heterocycles. The molecular weight excluding hydrogens is 298 g/mol. The van der Waals surface area contributed by atoms with Gasteiger partial charge in [-0.1, -0.05) is 0 Å². The molecule has 0 heterocycles. The van der Waals surface area contributed by atoms with E-state index in [1.807, 2.05) is 6.07 Å². The molecule has 7 heteroatoms. The molecule has 0 fully saturated rings. The zero-order valence-electron chi connectivity index (χ0n) is 13.5. The quantitative estimate of drug-likeness (QED) is 0.608. The second-order valence-electron chi connectivity index (χ2n) is 6.19. The summed E-state index contributed by atoms with van der Waals surface area (Å²) in [6.07, 6.45) is -2.92. The largest absolute Gasteiger partial charge is 0.444 e. The van der Waals surface area contributed by atoms with Gasteiger partial charge in [-0.2, -0.15) is 5.26 Å². The standard InChI is InChI=1S/C16H23N3O4/c1-16(2,3)23-15(22)19-7-6-13(20)14(21)12-8-11(18)5-4-10(12)9-17/h4-5,8,13-14,20-21H,6-7,18H2,1-3H3,(H,19,22). The molecule has 0 aliphatic rings. The van der Waals surface area contributed by atoms with E-state index in [0.29, 0.717) is 5.69 Å². The summed E-state index contributed by atoms with van der Waals surface area (Å²) in [6, 6.07) is 6.43. The Hall–Kier alpha value is -2.30. The Balaban J connectivity index is 2.59. The summed E-state index contributed by atoms with van der Waals surface area (Å²) in [4.78, 5) is 11.5. The molecule has 0 aliphatic carbocycles. The van der Waals surface area contributed by atoms with Gasteiger partial charge in [-0.15, -0.1) is 0 Å². The van der Waals surface area contributed by atoms with Gasteiger partial charge in [0.2, 0.25) is 0 Å². The number of hydrogen-bond donors (Lipinski definition) is 4. The van der Waals surface area contributed by atoms with Crippen LogP contribution in [0.2, 0.25) is 0 Å². The van der Waals surface area contributed by atoms with E-state index in [9.17, 15) is 15.0 Å². The zero-order chi connectivity index (χ0) is 17.6. The lowest BCUT2D eigenvalue weighted by Crippen LogP contribution is -2.34. The SMILES string of the molecule is CC(C)(C)OC(=O)NCCC(O)C(O)c1cc(N)ccc1C#N. The number of benzene rings is 1. The molecular formula is C16H23N3O4. The van der Waals surface area contributed by atoms with Crippen LogP contribution in [0.3, 0.4) is 0 Å². The number of nitrogens with two attached hydrogens (primary N) is 1. The van der Waals surface area contributed by atoms with Gasteiger partial charge in [-0.05, 0) is 45.4 Å². The van der Waals surface area contributed by atoms with Gasteiger partial charge in [0.25, 0.3) is 0 Å². The fraction of sp³-hybridized carbons (Fsp3) is 0.500. The summed E-state index contributed by atoms with van der Waals surface area (Å²) in [5, 5.41) is 31.7. The summed E-state index contributed by atoms with van der Waals surface area (Å²) in [6.45, 7) is 5.36. The molecule has 7 nitrogen and oxygen atoms in total. The minimum Gasteiger partial charge on any atom is -0.444 e. The third kappa shape index (κ3) is 6.14. The van der Waals surface area contributed by atoms with Gasteiger partial charge in [-0.25, -0.2) is 4.79 Å². The molecule has 126 valence electrons. The van der Waals surface area contributed by atoms with E-state index < -0.39 is 23.9 Å². The van der Waals surface area contributed by atoms with Gasteiger partial charge in [-0.3, -0.25) is 0 Å². The molecule has 2 atom stereocenters. The van der Waals surface area contributed by atoms with Gasteiger partial charge in [0, 0.05) is 17.8 Å². The molecule has 1 aromatic rings. The second kappa shape index (κ2) is 7.81. The highest BCUT2D eigenvalue weighted by atomic mass is 16.6. The fourth-order valence-corrected chi connectivity index (χ4v) is 1.93. The number of amides is 1. The molecule has 0 aromatic heterocycles. The Morgan fingerprint density at radius 2 is 2.09 bits per heavy atom. The third-order valence-corrected chi connectivity index (χ3v) is 2.99. The molecule has 1 aromatic carbocycles. The number of nitriles is 1. The topological polar surface area (TPSA) is 129 Å². The van der Waals surface area contributed by atoms with Gasteiger partial charge in [0.1, 0.15) is 11.7 Å². The first-order valence-corrected chi connectivity index (χ1v) is 7.26. The molecule has 2 unspecified atom stereocenters. The number of anilines is 1. The minimum absolute atomic E-state index is 0.0973. The summed E-state index contributed by atoms with van der Waals surface area (Å²) >= 11 is 0. The molecule has 5 N–H and O–H groups in total. The van der Waals surface area contributed by atoms with Crippen LogP contribution < -0.4 is 11.1 Å². The Kier molecular flexibility index (Phi) is 6.37. The van der Waals surface area contributed by atoms with Crippen LogP contribution in [-0.2, 0) is 4.74 Å². The van der Waals surface area contributed by atoms with Crippen molar-refractivity contribution in [3.63, 3.8) is 0 Å². The highest BCUT2D eigenvalue weighted by Crippen LogP contribution is 2.24. The average Bonchev–Trinajstić information content (AvgIpc) is 2.44. The van der Waals surface area contributed by atoms with Crippen LogP contribution in [0.25, 0.3) is 0 Å². The van der Waals surface area contributed by atoms with Gasteiger partial charge in [0.15, 0.2) is 0 Å². The van der Waals surface area contributed by atoms with Crippen molar-refractivity contribution < 1.29 is 19.7 Å². The van der Waals surface area contributed by atoms with E-state index in [0.717, 1.165) is 0 Å². The van der Waals surface area contributed by atoms with E-state index >= 15 is 0 Å². The van der Waals surface area contributed by atoms with Crippen molar-refractivity contribution in [2.45, 2.75) is 45.0 Å². The van der Waals surface area contributed by atoms with E-state index in [4.69, 9.17) is 15.7 Å². The Labute approximate surface area is 135 Å². The number of ether oxygens (including phenoxy) is 1. The highest BCUT2D eigenvalue weighted by molar-refractivity contribution is 5.67. The number of hydrogen-bond acceptors (Lipinski definition) is 6. The third-order valence-electron chi connectivity index (χ3n) is 2.99. The van der Waals surface area contributed by atoms with Crippen molar-refractivity contribution in [1.29, 1.82) is 5.26 Å². The number of nitrogen functional groups attached to an aromatic ring is 1. The van der Waals surface area contributed by atoms with Crippen LogP contribution in [0, 0.1) is 11.3 Å². The number of nitrogens with one attached hydrogen (secondary N) is 1. The van der Waals surface area contributed by atoms with E-state index in [1.165, 1.54) is 12.1 Å². The molecule has 0 radical (unpaired) electrons. The molecule has 0 saturated carbocycles. The van der Waals surface area contributed by atoms with Crippen LogP contribution in [0.15, 0.2) is 18.2 Å². The molecule has 1 rings (SSSR count). The predicted molar refractivity (Wildman–Crippen MR) is 85.4 cm³/mol. The lowest BCUT2D eigenvalue weighted by atomic mass is 9.97. The van der Waals surface area contributed by atoms with Crippen LogP contribution in [0.4, 0.5) is 10.5 Å². The molecule has 23 heavy (non-hydrogen) atoms. The van der Waals surface area contributed by atoms with Crippen molar-refractivity contribution in [2.75, 3.05) is 12.3 Å². The first-order chi connectivity index (χ1) is 10.6. The summed E-state index contributed by atoms with van der Waals surface area (Å²) in [5.74, 6) is 0. The van der Waals surface area contributed by atoms with E-state index in [-0.39, 0.29) is 24.1 Å². The summed E-state index contributed by atoms with van der Waals surface area (Å²) < 4.78 is 5.06. The molecule has 0 aliphatic heterocycles. The summed E-state index contributed by atoms with van der Waals surface area (Å²) in [7, 11) is 0. The van der Waals surface area contributed by atoms with Crippen molar-refractivity contribution >= 4 is 11.8 Å². The first-order valence-electron chi connectivity index (χ1n) is 7.26. The molecule has 0 bridgehead atoms. The Bertz CT molecular complexity index is 590. The maximum absolute atomic E-state index is 11.5. The van der Waals surface area contributed by atoms with Crippen molar-refractivity contribution in [3.8, 4) is 6.07 Å². The molecule has 1 amide bonds. The zero-order valence-corrected chi connectivity index (χ0v) is 13.5. The average molecular weight is 321 g/mol. The predicted octanol–water partition coefficient (Wildman–Crippen LogP) is 1.45. The van der Waals surface area contributed by atoms with Crippen LogP contribution in [0.5, 0.6) is 0 Å². The summed E-state index contributed by atoms with van der Waals surface area (Å²) in [5.41, 5.74) is 5.93. The number of alkyl carbamates (subject to hydrolysis) is 1. The second-order valence-corrected chi connectivity index (χ2v) is 6.19. The normalized spacial score (nSPS) is 13.7. The van der Waals surface area contributed by atoms with Crippen LogP contribution in [-0.4, -0.2) is 34.6 Å². The van der Waals surface area contributed by atoms with E-state index in [2.05, 4.69) is 5.32 Å². The maximum atomic E-state index is 11.5. The van der Waals surface area contributed by atoms with Crippen molar-refractivity contribution in [2.24, 2.45) is 0 Å². The molecule has 0 spiro atoms. The smallest absolute Gasteiger partial charge is 0.407 e. The minimum atomic E-state index is -1.27. The lowest BCUT2D eigenvalue weighted by Gasteiger charge is -2.21. The van der Waals surface area contributed by atoms with Gasteiger partial charge in [0.05, 0.1) is 17.7 Å². The number of nitrogens with zero attached hydrogens (tertiary/aromatic N) is 1. The van der Waals surface area contributed by atoms with Gasteiger partial charge < -0.3 is 26.0 Å². The monoisotopic (exact) mass is 321 g/mol. The Morgan fingerprint density at radius 1 is 1.43 bits per heavy atom. The number of rotatable bonds is 5. The number of aliphatic hydroxyl groups excluding tert-OH is 2. The highest BCUT2D eigenvalue weighted by Gasteiger charge is 2.22. The van der Waals surface area contributed by atoms with Crippen LogP contribution >= 0.6 is 0 Å². The number of aliphatic hydroxyl groups is 2. The van der Waals surface area contributed by atoms with Crippen molar-refractivity contribution in [1.82, 2.24) is 5.32 Å². The Morgan fingerprint density at radius 3 is 2.65 bits per heavy atom. The number of carbonyl (C=O) groups is 1. The first kappa shape index (κ1) is 18.7. The fourth-order valence-electron chi connectivity index (χ4n) is 1.93. The van der Waals surface area contributed by atoms with Crippen LogP contribution in [0.1, 0.15) is 44.4 Å². The number of carbonyl (C=O) groups excluding carboxylic acids is 1.